The second-order valence-corrected chi connectivity index (χ2v) is 5.80. The standard InChI is InChI=1S/C14H21BrN4O/c1-6-19-12(14(15)10(4)17-19)7-16-8(2)13-9(3)18-20-11(13)5/h8,16H,6-7H2,1-5H3. The molecule has 0 aromatic carbocycles. The minimum atomic E-state index is 0.189. The summed E-state index contributed by atoms with van der Waals surface area (Å²) in [6.07, 6.45) is 0. The fourth-order valence-corrected chi connectivity index (χ4v) is 2.92. The van der Waals surface area contributed by atoms with Gasteiger partial charge >= 0.3 is 0 Å². The number of hydrogen-bond donors (Lipinski definition) is 1. The molecule has 5 nitrogen and oxygen atoms in total. The lowest BCUT2D eigenvalue weighted by Gasteiger charge is -2.14. The van der Waals surface area contributed by atoms with E-state index in [1.165, 1.54) is 5.69 Å². The highest BCUT2D eigenvalue weighted by Crippen LogP contribution is 2.24. The largest absolute Gasteiger partial charge is 0.361 e. The van der Waals surface area contributed by atoms with Gasteiger partial charge in [0, 0.05) is 24.7 Å². The van der Waals surface area contributed by atoms with Crippen molar-refractivity contribution in [2.45, 2.75) is 53.8 Å². The molecule has 2 aromatic rings. The second-order valence-electron chi connectivity index (χ2n) is 5.00. The van der Waals surface area contributed by atoms with Gasteiger partial charge in [-0.25, -0.2) is 0 Å². The van der Waals surface area contributed by atoms with Crippen LogP contribution in [0.5, 0.6) is 0 Å². The summed E-state index contributed by atoms with van der Waals surface area (Å²) in [7, 11) is 0. The Kier molecular flexibility index (Phi) is 4.65. The zero-order valence-corrected chi connectivity index (χ0v) is 14.2. The Balaban J connectivity index is 2.13. The zero-order chi connectivity index (χ0) is 14.9. The van der Waals surface area contributed by atoms with Crippen molar-refractivity contribution in [2.24, 2.45) is 0 Å². The molecule has 0 fully saturated rings. The van der Waals surface area contributed by atoms with Crippen LogP contribution in [0.2, 0.25) is 0 Å². The van der Waals surface area contributed by atoms with Gasteiger partial charge in [-0.2, -0.15) is 5.10 Å². The first-order chi connectivity index (χ1) is 9.45. The lowest BCUT2D eigenvalue weighted by atomic mass is 10.1. The number of rotatable bonds is 5. The molecule has 110 valence electrons. The molecule has 2 rings (SSSR count). The van der Waals surface area contributed by atoms with Crippen LogP contribution in [0.4, 0.5) is 0 Å². The molecule has 0 amide bonds. The lowest BCUT2D eigenvalue weighted by Crippen LogP contribution is -2.21. The molecule has 0 aliphatic heterocycles. The van der Waals surface area contributed by atoms with Gasteiger partial charge in [0.1, 0.15) is 5.76 Å². The molecule has 1 N–H and O–H groups in total. The third-order valence-corrected chi connectivity index (χ3v) is 4.58. The normalized spacial score (nSPS) is 12.9. The highest BCUT2D eigenvalue weighted by molar-refractivity contribution is 9.10. The monoisotopic (exact) mass is 340 g/mol. The van der Waals surface area contributed by atoms with Gasteiger partial charge < -0.3 is 9.84 Å². The van der Waals surface area contributed by atoms with Crippen LogP contribution < -0.4 is 5.32 Å². The number of nitrogens with zero attached hydrogens (tertiary/aromatic N) is 3. The molecule has 0 aliphatic carbocycles. The van der Waals surface area contributed by atoms with Gasteiger partial charge in [-0.1, -0.05) is 5.16 Å². The smallest absolute Gasteiger partial charge is 0.138 e. The van der Waals surface area contributed by atoms with E-state index in [1.54, 1.807) is 0 Å². The van der Waals surface area contributed by atoms with Crippen LogP contribution >= 0.6 is 15.9 Å². The molecule has 6 heteroatoms. The maximum absolute atomic E-state index is 5.22. The number of halogens is 1. The van der Waals surface area contributed by atoms with Crippen molar-refractivity contribution >= 4 is 15.9 Å². The van der Waals surface area contributed by atoms with Gasteiger partial charge in [-0.05, 0) is 50.5 Å². The summed E-state index contributed by atoms with van der Waals surface area (Å²) in [5.74, 6) is 0.877. The van der Waals surface area contributed by atoms with Crippen molar-refractivity contribution in [3.8, 4) is 0 Å². The second kappa shape index (κ2) is 6.10. The van der Waals surface area contributed by atoms with E-state index in [-0.39, 0.29) is 6.04 Å². The first-order valence-corrected chi connectivity index (χ1v) is 7.62. The average molecular weight is 341 g/mol. The lowest BCUT2D eigenvalue weighted by molar-refractivity contribution is 0.390. The minimum absolute atomic E-state index is 0.189. The van der Waals surface area contributed by atoms with Crippen LogP contribution in [0.15, 0.2) is 9.00 Å². The molecule has 2 aromatic heterocycles. The number of hydrogen-bond acceptors (Lipinski definition) is 4. The molecule has 0 radical (unpaired) electrons. The van der Waals surface area contributed by atoms with Crippen LogP contribution in [-0.2, 0) is 13.1 Å². The van der Waals surface area contributed by atoms with Crippen LogP contribution in [0.1, 0.15) is 48.3 Å². The molecule has 1 atom stereocenters. The highest BCUT2D eigenvalue weighted by atomic mass is 79.9. The first-order valence-electron chi connectivity index (χ1n) is 6.83. The molecule has 20 heavy (non-hydrogen) atoms. The van der Waals surface area contributed by atoms with Gasteiger partial charge in [-0.3, -0.25) is 4.68 Å². The van der Waals surface area contributed by atoms with Crippen LogP contribution in [0.25, 0.3) is 0 Å². The predicted molar refractivity (Wildman–Crippen MR) is 81.6 cm³/mol. The van der Waals surface area contributed by atoms with Gasteiger partial charge in [0.15, 0.2) is 0 Å². The summed E-state index contributed by atoms with van der Waals surface area (Å²) < 4.78 is 8.33. The molecular formula is C14H21BrN4O. The summed E-state index contributed by atoms with van der Waals surface area (Å²) >= 11 is 3.62. The van der Waals surface area contributed by atoms with Crippen molar-refractivity contribution in [3.63, 3.8) is 0 Å². The van der Waals surface area contributed by atoms with Crippen molar-refractivity contribution in [1.82, 2.24) is 20.3 Å². The predicted octanol–water partition coefficient (Wildman–Crippen LogP) is 3.43. The molecule has 0 saturated heterocycles. The third kappa shape index (κ3) is 2.81. The average Bonchev–Trinajstić information content (AvgIpc) is 2.88. The zero-order valence-electron chi connectivity index (χ0n) is 12.6. The SMILES string of the molecule is CCn1nc(C)c(Br)c1CNC(C)c1c(C)noc1C. The minimum Gasteiger partial charge on any atom is -0.361 e. The van der Waals surface area contributed by atoms with Gasteiger partial charge in [0.25, 0.3) is 0 Å². The number of aromatic nitrogens is 3. The van der Waals surface area contributed by atoms with E-state index in [4.69, 9.17) is 4.52 Å². The van der Waals surface area contributed by atoms with E-state index in [0.29, 0.717) is 0 Å². The van der Waals surface area contributed by atoms with Gasteiger partial charge in [0.05, 0.1) is 21.6 Å². The summed E-state index contributed by atoms with van der Waals surface area (Å²) in [6, 6.07) is 0.189. The molecule has 0 bridgehead atoms. The van der Waals surface area contributed by atoms with Crippen molar-refractivity contribution in [1.29, 1.82) is 0 Å². The quantitative estimate of drug-likeness (QED) is 0.905. The molecule has 1 unspecified atom stereocenters. The maximum Gasteiger partial charge on any atom is 0.138 e. The molecule has 0 saturated carbocycles. The Bertz CT molecular complexity index is 583. The Morgan fingerprint density at radius 3 is 2.55 bits per heavy atom. The molecule has 2 heterocycles. The van der Waals surface area contributed by atoms with Gasteiger partial charge in [-0.15, -0.1) is 0 Å². The van der Waals surface area contributed by atoms with Crippen molar-refractivity contribution < 1.29 is 4.52 Å². The highest BCUT2D eigenvalue weighted by Gasteiger charge is 2.18. The van der Waals surface area contributed by atoms with E-state index in [1.807, 2.05) is 25.5 Å². The fraction of sp³-hybridized carbons (Fsp3) is 0.571. The van der Waals surface area contributed by atoms with Crippen molar-refractivity contribution in [2.75, 3.05) is 0 Å². The Morgan fingerprint density at radius 1 is 1.30 bits per heavy atom. The summed E-state index contributed by atoms with van der Waals surface area (Å²) in [4.78, 5) is 0. The Morgan fingerprint density at radius 2 is 2.00 bits per heavy atom. The van der Waals surface area contributed by atoms with E-state index < -0.39 is 0 Å². The van der Waals surface area contributed by atoms with Crippen LogP contribution in [0.3, 0.4) is 0 Å². The maximum atomic E-state index is 5.22. The topological polar surface area (TPSA) is 55.9 Å². The summed E-state index contributed by atoms with van der Waals surface area (Å²) in [6.45, 7) is 11.8. The summed E-state index contributed by atoms with van der Waals surface area (Å²) in [5.41, 5.74) is 4.28. The summed E-state index contributed by atoms with van der Waals surface area (Å²) in [5, 5.41) is 12.0. The molecule has 0 spiro atoms. The number of nitrogens with one attached hydrogen (secondary N) is 1. The fourth-order valence-electron chi connectivity index (χ4n) is 2.50. The van der Waals surface area contributed by atoms with Crippen LogP contribution in [0, 0.1) is 20.8 Å². The number of aryl methyl sites for hydroxylation is 4. The van der Waals surface area contributed by atoms with E-state index >= 15 is 0 Å². The van der Waals surface area contributed by atoms with E-state index in [2.05, 4.69) is 45.3 Å². The Hall–Kier alpha value is -1.14. The van der Waals surface area contributed by atoms with E-state index in [0.717, 1.165) is 40.3 Å². The first kappa shape index (κ1) is 15.3. The van der Waals surface area contributed by atoms with Gasteiger partial charge in [0.2, 0.25) is 0 Å². The van der Waals surface area contributed by atoms with Crippen molar-refractivity contribution in [3.05, 3.63) is 32.9 Å². The van der Waals surface area contributed by atoms with E-state index in [9.17, 15) is 0 Å². The Labute approximate surface area is 127 Å². The molecular weight excluding hydrogens is 320 g/mol. The molecule has 0 aliphatic rings. The van der Waals surface area contributed by atoms with Crippen LogP contribution in [-0.4, -0.2) is 14.9 Å². The third-order valence-electron chi connectivity index (χ3n) is 3.55.